The Balaban J connectivity index is 5.02. The third-order valence-corrected chi connectivity index (χ3v) is 24.2. The zero-order valence-corrected chi connectivity index (χ0v) is 75.2. The second-order valence-electron chi connectivity index (χ2n) is 28.5. The van der Waals surface area contributed by atoms with Gasteiger partial charge in [-0.3, -0.25) is 47.9 Å². The molecule has 658 valence electrons. The molecule has 0 fully saturated rings. The van der Waals surface area contributed by atoms with Crippen molar-refractivity contribution in [2.24, 2.45) is 31.8 Å². The van der Waals surface area contributed by atoms with Crippen molar-refractivity contribution in [2.75, 3.05) is 73.8 Å². The molecule has 0 unspecified atom stereocenters. The fraction of sp³-hybridized carbons (Fsp3) is 0.759. The Morgan fingerprint density at radius 3 is 0.817 bits per heavy atom. The van der Waals surface area contributed by atoms with Crippen molar-refractivity contribution in [2.45, 2.75) is 328 Å². The van der Waals surface area contributed by atoms with Crippen LogP contribution in [0.5, 0.6) is 0 Å². The summed E-state index contributed by atoms with van der Waals surface area (Å²) in [6.45, 7) is 7.00. The van der Waals surface area contributed by atoms with Gasteiger partial charge in [-0.05, 0) is 128 Å². The highest BCUT2D eigenvalue weighted by atomic mass is 33.1. The van der Waals surface area contributed by atoms with E-state index in [0.29, 0.717) is 0 Å². The number of amides is 10. The van der Waals surface area contributed by atoms with E-state index in [1.807, 2.05) is 0 Å². The Hall–Kier alpha value is -5.70. The number of nitrogens with two attached hydrogens (primary N) is 2. The zero-order chi connectivity index (χ0) is 84.0. The number of carbonyl (C=O) groups excluding carboxylic acids is 10. The number of unbranched alkanes of at least 4 members (excludes halogenated alkanes) is 36. The first-order chi connectivity index (χ1) is 56.1. The number of hydrogen-bond donors (Lipinski definition) is 12. The average molecular weight is 1720 g/mol. The third kappa shape index (κ3) is 81.8. The van der Waals surface area contributed by atoms with Crippen molar-refractivity contribution in [3.05, 3.63) is 36.5 Å². The number of hydrogen-bond acceptors (Lipinski definition) is 20. The van der Waals surface area contributed by atoms with E-state index in [1.54, 1.807) is 18.6 Å². The molecule has 0 saturated carbocycles. The van der Waals surface area contributed by atoms with Crippen molar-refractivity contribution in [3.8, 4) is 0 Å². The van der Waals surface area contributed by atoms with Crippen LogP contribution in [-0.4, -0.2) is 170 Å². The Morgan fingerprint density at radius 1 is 0.287 bits per heavy atom. The monoisotopic (exact) mass is 1720 g/mol. The minimum atomic E-state index is -1.33. The number of nitrogens with one attached hydrogen (secondary N) is 10. The number of hydrazone groups is 3. The predicted molar refractivity (Wildman–Crippen MR) is 491 cm³/mol. The molecule has 0 aromatic heterocycles. The highest BCUT2D eigenvalue weighted by Crippen LogP contribution is 2.23. The summed E-state index contributed by atoms with van der Waals surface area (Å²) >= 11 is 0. The molecule has 10 amide bonds. The summed E-state index contributed by atoms with van der Waals surface area (Å²) in [6, 6.07) is -2.65. The number of aliphatic imine (C=N–C) groups is 1. The number of allylic oxidation sites excluding steroid dienone is 6. The lowest BCUT2D eigenvalue weighted by Gasteiger charge is -2.21. The molecule has 115 heavy (non-hydrogen) atoms. The van der Waals surface area contributed by atoms with Crippen molar-refractivity contribution in [1.82, 2.24) is 53.5 Å². The van der Waals surface area contributed by atoms with Gasteiger partial charge in [-0.2, -0.15) is 15.3 Å². The summed E-state index contributed by atoms with van der Waals surface area (Å²) in [4.78, 5) is 132. The lowest BCUT2D eigenvalue weighted by atomic mass is 10.1. The SMILES string of the molecule is CCCCCCCC/C=C\CCCCCCC/C=N\NC(=O)CSSCC(=O)NCCNC(=O)CC[C@H](N=C(N)N)C(=O)N[C@@H](CCC(=O)NCCNC(=O)CSSCC(=O)N/N=C\CCCCCCC/C=C\CCCCCCCC)C(=O)NCCNC(=O)CSSCC(=O)N/N=C\CCCCCCC/C=C\CCCCCCCC. The Kier molecular flexibility index (Phi) is 81.9. The van der Waals surface area contributed by atoms with E-state index in [9.17, 15) is 47.9 Å². The average Bonchev–Trinajstić information content (AvgIpc) is 0.878. The van der Waals surface area contributed by atoms with Gasteiger partial charge in [-0.15, -0.1) is 0 Å². The van der Waals surface area contributed by atoms with Gasteiger partial charge in [-0.25, -0.2) is 21.3 Å². The van der Waals surface area contributed by atoms with Crippen LogP contribution in [0, 0.1) is 0 Å². The second kappa shape index (κ2) is 86.2. The number of rotatable bonds is 82. The Labute approximate surface area is 715 Å². The van der Waals surface area contributed by atoms with Gasteiger partial charge >= 0.3 is 0 Å². The van der Waals surface area contributed by atoms with Crippen molar-refractivity contribution in [1.29, 1.82) is 0 Å². The van der Waals surface area contributed by atoms with Gasteiger partial charge in [0.25, 0.3) is 17.7 Å². The van der Waals surface area contributed by atoms with Gasteiger partial charge < -0.3 is 48.7 Å². The maximum Gasteiger partial charge on any atom is 0.250 e. The number of carbonyl (C=O) groups is 10. The minimum Gasteiger partial charge on any atom is -0.370 e. The van der Waals surface area contributed by atoms with E-state index in [4.69, 9.17) is 11.5 Å². The smallest absolute Gasteiger partial charge is 0.250 e. The molecule has 0 saturated heterocycles. The fourth-order valence-corrected chi connectivity index (χ4v) is 16.4. The van der Waals surface area contributed by atoms with Gasteiger partial charge in [0.1, 0.15) is 12.1 Å². The third-order valence-electron chi connectivity index (χ3n) is 17.8. The van der Waals surface area contributed by atoms with Crippen LogP contribution < -0.4 is 65.0 Å². The van der Waals surface area contributed by atoms with Crippen LogP contribution in [0.1, 0.15) is 316 Å². The van der Waals surface area contributed by atoms with Crippen LogP contribution in [0.15, 0.2) is 56.8 Å². The lowest BCUT2D eigenvalue weighted by molar-refractivity contribution is -0.130. The molecule has 0 bridgehead atoms. The Morgan fingerprint density at radius 2 is 0.530 bits per heavy atom. The molecule has 32 heteroatoms. The highest BCUT2D eigenvalue weighted by molar-refractivity contribution is 8.77. The van der Waals surface area contributed by atoms with E-state index in [2.05, 4.69) is 131 Å². The molecular formula is C83H150N16O10S6. The van der Waals surface area contributed by atoms with Crippen molar-refractivity contribution in [3.63, 3.8) is 0 Å². The first kappa shape index (κ1) is 109. The molecule has 0 aromatic carbocycles. The number of nitrogens with zero attached hydrogens (tertiary/aromatic N) is 4. The predicted octanol–water partition coefficient (Wildman–Crippen LogP) is 14.9. The van der Waals surface area contributed by atoms with Gasteiger partial charge in [0.05, 0.1) is 34.5 Å². The van der Waals surface area contributed by atoms with Gasteiger partial charge in [0, 0.05) is 70.8 Å². The summed E-state index contributed by atoms with van der Waals surface area (Å²) < 4.78 is 0. The minimum absolute atomic E-state index is 0.0111. The van der Waals surface area contributed by atoms with Crippen LogP contribution in [-0.2, 0) is 47.9 Å². The first-order valence-corrected chi connectivity index (χ1v) is 50.7. The summed E-state index contributed by atoms with van der Waals surface area (Å²) in [5.74, 6) is -4.31. The van der Waals surface area contributed by atoms with Crippen LogP contribution in [0.4, 0.5) is 0 Å². The molecule has 0 aliphatic carbocycles. The van der Waals surface area contributed by atoms with Gasteiger partial charge in [0.2, 0.25) is 41.4 Å². The maximum absolute atomic E-state index is 13.8. The summed E-state index contributed by atoms with van der Waals surface area (Å²) in [5, 5.41) is 30.9. The van der Waals surface area contributed by atoms with Crippen LogP contribution in [0.25, 0.3) is 0 Å². The fourth-order valence-electron chi connectivity index (χ4n) is 11.3. The molecule has 0 aromatic rings. The zero-order valence-electron chi connectivity index (χ0n) is 70.3. The lowest BCUT2D eigenvalue weighted by Crippen LogP contribution is -2.51. The molecule has 14 N–H and O–H groups in total. The van der Waals surface area contributed by atoms with E-state index in [1.165, 1.54) is 257 Å². The molecule has 0 rings (SSSR count). The van der Waals surface area contributed by atoms with Crippen LogP contribution in [0.3, 0.4) is 0 Å². The quantitative estimate of drug-likeness (QED) is 0.00672. The molecule has 0 spiro atoms. The topological polar surface area (TPSA) is 392 Å². The Bertz CT molecular complexity index is 2730. The normalized spacial score (nSPS) is 12.1. The largest absolute Gasteiger partial charge is 0.370 e. The molecule has 2 atom stereocenters. The van der Waals surface area contributed by atoms with Gasteiger partial charge in [-0.1, -0.05) is 276 Å². The summed E-state index contributed by atoms with van der Waals surface area (Å²) in [6.07, 6.45) is 68.6. The summed E-state index contributed by atoms with van der Waals surface area (Å²) in [5.41, 5.74) is 19.0. The number of guanidine groups is 1. The molecule has 0 aliphatic heterocycles. The van der Waals surface area contributed by atoms with E-state index < -0.39 is 41.7 Å². The second-order valence-corrected chi connectivity index (χ2v) is 35.9. The van der Waals surface area contributed by atoms with E-state index in [0.717, 1.165) is 77.0 Å². The molecule has 0 heterocycles. The van der Waals surface area contributed by atoms with E-state index >= 15 is 0 Å². The molecule has 0 aliphatic rings. The summed E-state index contributed by atoms with van der Waals surface area (Å²) in [7, 11) is 7.22. The van der Waals surface area contributed by atoms with Crippen molar-refractivity contribution >= 4 is 148 Å². The first-order valence-electron chi connectivity index (χ1n) is 43.2. The van der Waals surface area contributed by atoms with Crippen LogP contribution >= 0.6 is 64.8 Å². The van der Waals surface area contributed by atoms with E-state index in [-0.39, 0.29) is 135 Å². The standard InChI is InChI=1S/C83H150N16O10S6/c1-4-7-10-13-16-19-22-25-28-31-34-37-40-43-46-49-56-92-97-78(105)68-113-110-65-75(102)88-61-59-86-73(100)54-52-71(81(108)91-64-63-90-77(104)67-112-115-70-80(107)99-94-58-51-48-45-42-39-36-33-30-27-24-21-18-15-12-9-6-3)95-82(109)72(96-83(84)85)53-55-74(101)87-60-62-89-76(103)66-111-114-69-79(106)98-93-57-50-47-44-41-38-35-32-29-26-23-20-17-14-11-8-5-2/h25-30,56-58,71-72H,4-24,31-55,59-70H2,1-3H3,(H,86,100)(H,87,101)(H,88,102)(H,89,103)(H,90,104)(H,91,108)(H,95,109)(H,97,105)(H,98,106)(H,99,107)(H4,84,85,96)/b28-25-,29-26-,30-27-,92-56-,93-57-,94-58-/t71-,72-/m0/s1. The molecule has 0 radical (unpaired) electrons. The van der Waals surface area contributed by atoms with Crippen molar-refractivity contribution < 1.29 is 47.9 Å². The molecule has 26 nitrogen and oxygen atoms in total. The molecular weight excluding hydrogens is 1570 g/mol. The van der Waals surface area contributed by atoms with Gasteiger partial charge in [0.15, 0.2) is 5.96 Å². The highest BCUT2D eigenvalue weighted by Gasteiger charge is 2.27. The van der Waals surface area contributed by atoms with Crippen LogP contribution in [0.2, 0.25) is 0 Å². The maximum atomic E-state index is 13.8.